The van der Waals surface area contributed by atoms with E-state index in [4.69, 9.17) is 16.6 Å². The zero-order chi connectivity index (χ0) is 53.6. The number of benzene rings is 3. The van der Waals surface area contributed by atoms with Gasteiger partial charge in [0, 0.05) is 88.7 Å². The summed E-state index contributed by atoms with van der Waals surface area (Å²) in [6, 6.07) is 14.0. The number of halogens is 2. The van der Waals surface area contributed by atoms with Gasteiger partial charge in [-0.05, 0) is 118 Å². The minimum absolute atomic E-state index is 0.0301. The van der Waals surface area contributed by atoms with Crippen LogP contribution in [0, 0.1) is 43.3 Å². The molecule has 5 aliphatic rings. The molecule has 5 saturated heterocycles. The number of hydrogen-bond donors (Lipinski definition) is 4. The molecule has 0 unspecified atom stereocenters. The number of thiazole rings is 1. The third kappa shape index (κ3) is 11.7. The molecule has 1 spiro atoms. The number of aromatic nitrogens is 3. The maximum absolute atomic E-state index is 14.7. The first-order chi connectivity index (χ1) is 36.3. The number of anilines is 2. The summed E-state index contributed by atoms with van der Waals surface area (Å²) in [5, 5.41) is 21.0. The zero-order valence-corrected chi connectivity index (χ0v) is 47.0. The summed E-state index contributed by atoms with van der Waals surface area (Å²) in [6.45, 7) is 25.5. The number of aliphatic hydroxyl groups excluding tert-OH is 1. The van der Waals surface area contributed by atoms with Crippen molar-refractivity contribution in [1.82, 2.24) is 45.2 Å². The van der Waals surface area contributed by atoms with Crippen molar-refractivity contribution in [1.29, 1.82) is 0 Å². The Morgan fingerprint density at radius 1 is 0.934 bits per heavy atom. The molecule has 3 amide bonds. The van der Waals surface area contributed by atoms with E-state index in [9.17, 15) is 23.9 Å². The van der Waals surface area contributed by atoms with Gasteiger partial charge in [-0.25, -0.2) is 14.4 Å². The van der Waals surface area contributed by atoms with Crippen LogP contribution in [0.15, 0.2) is 54.0 Å². The van der Waals surface area contributed by atoms with Gasteiger partial charge in [-0.1, -0.05) is 68.8 Å². The number of carbonyl (C=O) groups excluding carboxylic acids is 3. The predicted octanol–water partition coefficient (Wildman–Crippen LogP) is 7.32. The fraction of sp³-hybridized carbons (Fsp3) is 0.569. The molecule has 2 aromatic heterocycles. The van der Waals surface area contributed by atoms with E-state index in [1.807, 2.05) is 96.4 Å². The molecule has 5 aliphatic heterocycles. The lowest BCUT2D eigenvalue weighted by Gasteiger charge is -2.56. The summed E-state index contributed by atoms with van der Waals surface area (Å²) < 4.78 is 17.0. The van der Waals surface area contributed by atoms with Crippen molar-refractivity contribution in [3.8, 4) is 10.4 Å². The average molecular weight is 1080 g/mol. The van der Waals surface area contributed by atoms with E-state index >= 15 is 0 Å². The molecule has 76 heavy (non-hydrogen) atoms. The second-order valence-corrected chi connectivity index (χ2v) is 25.1. The van der Waals surface area contributed by atoms with Gasteiger partial charge in [0.2, 0.25) is 23.7 Å². The van der Waals surface area contributed by atoms with Crippen LogP contribution in [0.3, 0.4) is 0 Å². The number of aryl methyl sites for hydroxylation is 3. The normalized spacial score (nSPS) is 21.2. The molecule has 0 bridgehead atoms. The number of carbonyl (C=O) groups is 3. The minimum Gasteiger partial charge on any atom is -0.391 e. The number of aliphatic hydroxyl groups is 1. The predicted molar refractivity (Wildman–Crippen MR) is 301 cm³/mol. The number of piperazine rings is 1. The van der Waals surface area contributed by atoms with E-state index in [1.54, 1.807) is 11.3 Å². The number of β-amino-alcohol motifs (C(OH)–C–C–N with tert-alkyl or cyclic N) is 1. The lowest BCUT2D eigenvalue weighted by Crippen LogP contribution is -2.71. The number of piperidine rings is 1. The Balaban J connectivity index is 0.683. The van der Waals surface area contributed by atoms with Crippen molar-refractivity contribution >= 4 is 63.3 Å². The third-order valence-electron chi connectivity index (χ3n) is 16.8. The summed E-state index contributed by atoms with van der Waals surface area (Å²) in [5.74, 6) is 0.539. The molecule has 4 N–H and O–H groups in total. The summed E-state index contributed by atoms with van der Waals surface area (Å²) in [7, 11) is 0. The summed E-state index contributed by atoms with van der Waals surface area (Å²) in [5.41, 5.74) is 9.89. The van der Waals surface area contributed by atoms with Crippen LogP contribution >= 0.6 is 22.9 Å². The van der Waals surface area contributed by atoms with Crippen molar-refractivity contribution in [2.75, 3.05) is 94.9 Å². The second-order valence-electron chi connectivity index (χ2n) is 23.9. The Morgan fingerprint density at radius 2 is 1.63 bits per heavy atom. The number of nitrogens with zero attached hydrogens (tertiary/aromatic N) is 8. The Bertz CT molecular complexity index is 2890. The highest BCUT2D eigenvalue weighted by atomic mass is 35.5. The van der Waals surface area contributed by atoms with Crippen LogP contribution in [0.5, 0.6) is 0 Å². The van der Waals surface area contributed by atoms with E-state index in [-0.39, 0.29) is 42.5 Å². The first-order valence-corrected chi connectivity index (χ1v) is 28.8. The van der Waals surface area contributed by atoms with E-state index in [1.165, 1.54) is 4.90 Å². The molecule has 5 fully saturated rings. The van der Waals surface area contributed by atoms with Crippen LogP contribution < -0.4 is 25.8 Å². The van der Waals surface area contributed by atoms with Gasteiger partial charge in [0.05, 0.1) is 46.0 Å². The molecule has 0 aliphatic carbocycles. The Kier molecular flexibility index (Phi) is 15.9. The summed E-state index contributed by atoms with van der Waals surface area (Å²) in [4.78, 5) is 63.8. The summed E-state index contributed by atoms with van der Waals surface area (Å²) in [6.07, 6.45) is 2.48. The van der Waals surface area contributed by atoms with Crippen LogP contribution in [0.2, 0.25) is 5.02 Å². The summed E-state index contributed by atoms with van der Waals surface area (Å²) >= 11 is 8.53. The van der Waals surface area contributed by atoms with Crippen molar-refractivity contribution < 1.29 is 23.9 Å². The van der Waals surface area contributed by atoms with Gasteiger partial charge in [-0.3, -0.25) is 19.3 Å². The highest BCUT2D eigenvalue weighted by molar-refractivity contribution is 7.13. The van der Waals surface area contributed by atoms with E-state index in [0.29, 0.717) is 46.9 Å². The van der Waals surface area contributed by atoms with Gasteiger partial charge in [0.15, 0.2) is 0 Å². The standard InChI is InChI=1S/C58H77ClFN11O4S/c1-36-23-41(24-37(2)50(36)60)29-71-47-26-44(59)25-46(51(47)65-56(71)69-33-58(34-69)31-61-32-58)68-21-19-67(20-22-68)28-40-14-17-66(18-15-40)16-8-9-49(73)64-53(57(5,6)7)55(75)70-30-45(72)27-48(70)54(74)63-38(3)42-10-12-43(13-11-42)52-39(4)62-35-76-52/h10-13,23-26,35,38,40,45,48,53,61,72H,8-9,14-22,27-34H2,1-7H3,(H,63,74)(H,64,73)/t38-,45+,48-,53+/m0/s1. The number of imidazole rings is 1. The monoisotopic (exact) mass is 1080 g/mol. The number of hydrogen-bond acceptors (Lipinski definition) is 12. The van der Waals surface area contributed by atoms with Gasteiger partial charge >= 0.3 is 0 Å². The quantitative estimate of drug-likeness (QED) is 0.0787. The largest absolute Gasteiger partial charge is 0.391 e. The first kappa shape index (κ1) is 54.2. The van der Waals surface area contributed by atoms with E-state index in [2.05, 4.69) is 51.2 Å². The first-order valence-electron chi connectivity index (χ1n) is 27.5. The molecule has 408 valence electrons. The second kappa shape index (κ2) is 22.3. The van der Waals surface area contributed by atoms with Gasteiger partial charge in [-0.15, -0.1) is 11.3 Å². The molecule has 0 radical (unpaired) electrons. The molecule has 3 aromatic carbocycles. The lowest BCUT2D eigenvalue weighted by atomic mass is 9.75. The third-order valence-corrected chi connectivity index (χ3v) is 18.0. The van der Waals surface area contributed by atoms with Gasteiger partial charge in [0.25, 0.3) is 0 Å². The van der Waals surface area contributed by atoms with Crippen LogP contribution in [-0.2, 0) is 20.9 Å². The molecular formula is C58H77ClFN11O4S. The minimum atomic E-state index is -0.864. The van der Waals surface area contributed by atoms with Crippen molar-refractivity contribution in [3.05, 3.63) is 92.8 Å². The number of amides is 3. The van der Waals surface area contributed by atoms with Gasteiger partial charge in [-0.2, -0.15) is 0 Å². The fourth-order valence-corrected chi connectivity index (χ4v) is 13.4. The highest BCUT2D eigenvalue weighted by Crippen LogP contribution is 2.41. The molecule has 4 atom stereocenters. The van der Waals surface area contributed by atoms with Gasteiger partial charge in [0.1, 0.15) is 23.4 Å². The van der Waals surface area contributed by atoms with E-state index in [0.717, 1.165) is 141 Å². The Labute approximate surface area is 456 Å². The molecule has 7 heterocycles. The Hall–Kier alpha value is -5.17. The zero-order valence-electron chi connectivity index (χ0n) is 45.4. The van der Waals surface area contributed by atoms with Crippen LogP contribution in [0.1, 0.15) is 93.8 Å². The molecular weight excluding hydrogens is 1000 g/mol. The van der Waals surface area contributed by atoms with Crippen LogP contribution in [0.4, 0.5) is 16.0 Å². The maximum Gasteiger partial charge on any atom is 0.246 e. The molecule has 10 rings (SSSR count). The van der Waals surface area contributed by atoms with Crippen LogP contribution in [0.25, 0.3) is 21.5 Å². The van der Waals surface area contributed by atoms with Crippen molar-refractivity contribution in [3.63, 3.8) is 0 Å². The maximum atomic E-state index is 14.7. The number of fused-ring (bicyclic) bond motifs is 1. The number of likely N-dealkylation sites (tertiary alicyclic amines) is 2. The SMILES string of the molecule is Cc1cc(Cn2c(N3CC4(CNC4)C3)nc3c(N4CCN(CC5CCN(CCCC(=O)N[C@H](C(=O)N6C[C@H](O)C[C@H]6C(=O)N[C@@H](C)c6ccc(-c7scnc7C)cc6)C(C)(C)C)CC5)CC4)cc(Cl)cc32)cc(C)c1F. The number of rotatable bonds is 16. The van der Waals surface area contributed by atoms with Gasteiger partial charge < -0.3 is 45.2 Å². The fourth-order valence-electron chi connectivity index (χ4n) is 12.4. The average Bonchev–Trinajstić information content (AvgIpc) is 4.17. The molecule has 18 heteroatoms. The van der Waals surface area contributed by atoms with Crippen molar-refractivity contribution in [2.24, 2.45) is 16.7 Å². The van der Waals surface area contributed by atoms with Crippen LogP contribution in [-0.4, -0.2) is 155 Å². The number of nitrogens with one attached hydrogen (secondary N) is 3. The molecule has 0 saturated carbocycles. The lowest BCUT2D eigenvalue weighted by molar-refractivity contribution is -0.144. The van der Waals surface area contributed by atoms with Crippen molar-refractivity contribution in [2.45, 2.75) is 111 Å². The Morgan fingerprint density at radius 3 is 2.26 bits per heavy atom. The molecule has 5 aromatic rings. The van der Waals surface area contributed by atoms with E-state index < -0.39 is 23.6 Å². The highest BCUT2D eigenvalue weighted by Gasteiger charge is 2.49. The molecule has 15 nitrogen and oxygen atoms in total. The smallest absolute Gasteiger partial charge is 0.246 e. The topological polar surface area (TPSA) is 154 Å².